The molecule has 0 bridgehead atoms. The lowest BCUT2D eigenvalue weighted by atomic mass is 9.99. The lowest BCUT2D eigenvalue weighted by Crippen LogP contribution is -2.68. The molecule has 0 N–H and O–H groups in total. The molecule has 0 saturated carbocycles. The van der Waals surface area contributed by atoms with Gasteiger partial charge in [-0.25, -0.2) is 0 Å². The monoisotopic (exact) mass is 710 g/mol. The molecule has 1 fully saturated rings. The van der Waals surface area contributed by atoms with E-state index in [0.717, 1.165) is 0 Å². The van der Waals surface area contributed by atoms with Crippen molar-refractivity contribution < 1.29 is 48.5 Å². The van der Waals surface area contributed by atoms with Crippen LogP contribution >= 0.6 is 0 Å². The third-order valence-corrected chi connectivity index (χ3v) is 24.0. The van der Waals surface area contributed by atoms with Crippen molar-refractivity contribution in [3.8, 4) is 0 Å². The van der Waals surface area contributed by atoms with Crippen LogP contribution in [0.25, 0.3) is 0 Å². The number of rotatable bonds is 10. The van der Waals surface area contributed by atoms with Crippen LogP contribution in [0.15, 0.2) is 0 Å². The SMILES string of the molecule is CC(C)(C)O[C@H]1O[C@H](CO[Si](C)(C)C(C)(C)C)[C@H](OS(=O)(=O)C(F)(F)F)[C@H](O[Si](C)(C)C(C)(C)C)[C@H]1O[Si](C)(C)C(C)(C)C. The van der Waals surface area contributed by atoms with E-state index in [1.807, 2.05) is 122 Å². The Morgan fingerprint density at radius 2 is 1.02 bits per heavy atom. The number of halogens is 3. The van der Waals surface area contributed by atoms with Crippen LogP contribution in [0.5, 0.6) is 0 Å². The first-order chi connectivity index (χ1) is 19.0. The van der Waals surface area contributed by atoms with Gasteiger partial charge in [0, 0.05) is 0 Å². The lowest BCUT2D eigenvalue weighted by molar-refractivity contribution is -0.311. The minimum atomic E-state index is -6.06. The van der Waals surface area contributed by atoms with Crippen molar-refractivity contribution in [1.82, 2.24) is 0 Å². The minimum absolute atomic E-state index is 0.220. The third kappa shape index (κ3) is 10.6. The summed E-state index contributed by atoms with van der Waals surface area (Å²) in [7, 11) is -14.0. The zero-order valence-electron chi connectivity index (χ0n) is 30.4. The van der Waals surface area contributed by atoms with Gasteiger partial charge in [0.05, 0.1) is 12.2 Å². The van der Waals surface area contributed by atoms with Gasteiger partial charge in [0.1, 0.15) is 24.4 Å². The fourth-order valence-electron chi connectivity index (χ4n) is 3.57. The normalized spacial score (nSPS) is 25.8. The maximum absolute atomic E-state index is 13.9. The van der Waals surface area contributed by atoms with E-state index in [2.05, 4.69) is 0 Å². The van der Waals surface area contributed by atoms with E-state index in [1.54, 1.807) is 0 Å². The summed E-state index contributed by atoms with van der Waals surface area (Å²) in [6.45, 7) is 35.3. The Morgan fingerprint density at radius 1 is 0.636 bits per heavy atom. The molecular formula is C29H61F3O8SSi3. The molecule has 0 spiro atoms. The van der Waals surface area contributed by atoms with Gasteiger partial charge in [-0.05, 0) is 75.2 Å². The van der Waals surface area contributed by atoms with Gasteiger partial charge < -0.3 is 22.8 Å². The predicted octanol–water partition coefficient (Wildman–Crippen LogP) is 8.56. The Bertz CT molecular complexity index is 1070. The summed E-state index contributed by atoms with van der Waals surface area (Å²) in [5.41, 5.74) is -6.41. The molecule has 0 radical (unpaired) electrons. The Labute approximate surface area is 268 Å². The Balaban J connectivity index is 4.03. The molecule has 44 heavy (non-hydrogen) atoms. The van der Waals surface area contributed by atoms with Crippen LogP contribution in [0.3, 0.4) is 0 Å². The van der Waals surface area contributed by atoms with Gasteiger partial charge in [-0.3, -0.25) is 4.18 Å². The summed E-state index contributed by atoms with van der Waals surface area (Å²) >= 11 is 0. The highest BCUT2D eigenvalue weighted by Crippen LogP contribution is 2.45. The predicted molar refractivity (Wildman–Crippen MR) is 177 cm³/mol. The summed E-state index contributed by atoms with van der Waals surface area (Å²) < 4.78 is 105. The van der Waals surface area contributed by atoms with E-state index in [4.69, 9.17) is 26.9 Å². The number of ether oxygens (including phenoxy) is 2. The van der Waals surface area contributed by atoms with Crippen molar-refractivity contribution in [2.45, 2.75) is 179 Å². The van der Waals surface area contributed by atoms with Crippen molar-refractivity contribution in [2.24, 2.45) is 0 Å². The molecule has 8 nitrogen and oxygen atoms in total. The van der Waals surface area contributed by atoms with Gasteiger partial charge in [0.15, 0.2) is 31.2 Å². The van der Waals surface area contributed by atoms with E-state index in [0.29, 0.717) is 0 Å². The fraction of sp³-hybridized carbons (Fsp3) is 1.00. The molecule has 1 heterocycles. The summed E-state index contributed by atoms with van der Waals surface area (Å²) in [6, 6.07) is 0. The second kappa shape index (κ2) is 13.2. The van der Waals surface area contributed by atoms with Gasteiger partial charge >= 0.3 is 15.6 Å². The topological polar surface area (TPSA) is 89.5 Å². The molecule has 0 aromatic heterocycles. The summed E-state index contributed by atoms with van der Waals surface area (Å²) in [5.74, 6) is 0. The molecule has 1 saturated heterocycles. The van der Waals surface area contributed by atoms with Crippen molar-refractivity contribution in [3.05, 3.63) is 0 Å². The van der Waals surface area contributed by atoms with Crippen molar-refractivity contribution in [3.63, 3.8) is 0 Å². The van der Waals surface area contributed by atoms with Crippen LogP contribution < -0.4 is 0 Å². The molecule has 264 valence electrons. The zero-order chi connectivity index (χ0) is 35.3. The molecule has 0 aromatic carbocycles. The van der Waals surface area contributed by atoms with Gasteiger partial charge in [-0.1, -0.05) is 62.3 Å². The number of alkyl halides is 3. The number of hydrogen-bond acceptors (Lipinski definition) is 8. The Hall–Kier alpha value is 0.151. The molecule has 1 rings (SSSR count). The van der Waals surface area contributed by atoms with E-state index in [1.165, 1.54) is 0 Å². The van der Waals surface area contributed by atoms with Gasteiger partial charge in [-0.15, -0.1) is 0 Å². The Morgan fingerprint density at radius 3 is 1.36 bits per heavy atom. The van der Waals surface area contributed by atoms with Crippen molar-refractivity contribution >= 4 is 35.1 Å². The quantitative estimate of drug-likeness (QED) is 0.127. The van der Waals surface area contributed by atoms with Crippen molar-refractivity contribution in [1.29, 1.82) is 0 Å². The average molecular weight is 711 g/mol. The standard InChI is InChI=1S/C29H61F3O8SSi3/c1-25(2,3)37-24-23(40-44(17,18)28(10,11)12)22(39-43(15,16)27(7,8)9)21(38-41(33,34)29(30,31)32)20(36-24)19-35-42(13,14)26(4,5)6/h20-24H,19H2,1-18H3/t20-,21+,22+,23-,24-/m1/s1. The highest BCUT2D eigenvalue weighted by Gasteiger charge is 2.59. The lowest BCUT2D eigenvalue weighted by Gasteiger charge is -2.53. The molecule has 0 aromatic rings. The number of hydrogen-bond donors (Lipinski definition) is 0. The highest BCUT2D eigenvalue weighted by molar-refractivity contribution is 7.87. The molecule has 1 aliphatic heterocycles. The smallest absolute Gasteiger partial charge is 0.414 e. The van der Waals surface area contributed by atoms with E-state index in [-0.39, 0.29) is 21.7 Å². The van der Waals surface area contributed by atoms with E-state index < -0.39 is 76.9 Å². The van der Waals surface area contributed by atoms with Crippen LogP contribution in [-0.4, -0.2) is 81.8 Å². The van der Waals surface area contributed by atoms with Crippen LogP contribution in [0.4, 0.5) is 13.2 Å². The molecular weight excluding hydrogens is 650 g/mol. The largest absolute Gasteiger partial charge is 0.523 e. The minimum Gasteiger partial charge on any atom is -0.414 e. The first kappa shape index (κ1) is 42.2. The average Bonchev–Trinajstić information content (AvgIpc) is 2.72. The van der Waals surface area contributed by atoms with Gasteiger partial charge in [0.25, 0.3) is 0 Å². The summed E-state index contributed by atoms with van der Waals surface area (Å²) in [5, 5.41) is -0.923. The molecule has 0 amide bonds. The molecule has 1 aliphatic rings. The summed E-state index contributed by atoms with van der Waals surface area (Å²) in [4.78, 5) is 0. The van der Waals surface area contributed by atoms with Crippen LogP contribution in [-0.2, 0) is 37.1 Å². The van der Waals surface area contributed by atoms with Gasteiger partial charge in [-0.2, -0.15) is 21.6 Å². The van der Waals surface area contributed by atoms with Gasteiger partial charge in [0.2, 0.25) is 0 Å². The maximum atomic E-state index is 13.9. The van der Waals surface area contributed by atoms with E-state index in [9.17, 15) is 21.6 Å². The first-order valence-corrected chi connectivity index (χ1v) is 25.4. The highest BCUT2D eigenvalue weighted by atomic mass is 32.2. The molecule has 0 aliphatic carbocycles. The third-order valence-electron chi connectivity index (χ3n) is 9.47. The zero-order valence-corrected chi connectivity index (χ0v) is 34.2. The maximum Gasteiger partial charge on any atom is 0.523 e. The van der Waals surface area contributed by atoms with Crippen molar-refractivity contribution in [2.75, 3.05) is 6.61 Å². The molecule has 5 atom stereocenters. The molecule has 15 heteroatoms. The Kier molecular flexibility index (Phi) is 12.7. The summed E-state index contributed by atoms with van der Waals surface area (Å²) in [6.07, 6.45) is -6.49. The molecule has 0 unspecified atom stereocenters. The van der Waals surface area contributed by atoms with Crippen LogP contribution in [0, 0.1) is 0 Å². The van der Waals surface area contributed by atoms with E-state index >= 15 is 0 Å². The van der Waals surface area contributed by atoms with Crippen LogP contribution in [0.2, 0.25) is 54.4 Å². The second-order valence-corrected chi connectivity index (χ2v) is 33.4. The second-order valence-electron chi connectivity index (χ2n) is 17.5. The van der Waals surface area contributed by atoms with Crippen LogP contribution in [0.1, 0.15) is 83.1 Å². The fourth-order valence-corrected chi connectivity index (χ4v) is 7.80. The first-order valence-electron chi connectivity index (χ1n) is 15.3.